The third-order valence-corrected chi connectivity index (χ3v) is 4.08. The van der Waals surface area contributed by atoms with Crippen LogP contribution >= 0.6 is 15.9 Å². The Hall–Kier alpha value is -0.340. The highest BCUT2D eigenvalue weighted by Gasteiger charge is 2.33. The lowest BCUT2D eigenvalue weighted by Crippen LogP contribution is -2.34. The van der Waals surface area contributed by atoms with E-state index in [2.05, 4.69) is 46.0 Å². The number of nitrogens with zero attached hydrogens (tertiary/aromatic N) is 1. The van der Waals surface area contributed by atoms with Crippen LogP contribution in [0.2, 0.25) is 0 Å². The van der Waals surface area contributed by atoms with Gasteiger partial charge in [-0.3, -0.25) is 4.90 Å². The van der Waals surface area contributed by atoms with Crippen LogP contribution in [0.25, 0.3) is 0 Å². The first-order valence-corrected chi connectivity index (χ1v) is 6.55. The van der Waals surface area contributed by atoms with Crippen LogP contribution < -0.4 is 0 Å². The highest BCUT2D eigenvalue weighted by molar-refractivity contribution is 9.10. The van der Waals surface area contributed by atoms with Gasteiger partial charge in [0.2, 0.25) is 0 Å². The van der Waals surface area contributed by atoms with Gasteiger partial charge in [-0.05, 0) is 42.0 Å². The molecule has 1 aromatic rings. The highest BCUT2D eigenvalue weighted by atomic mass is 79.9. The SMILES string of the molecule is CC1CN(C2CC2)Cc2ccc(Br)cc21. The predicted molar refractivity (Wildman–Crippen MR) is 66.0 cm³/mol. The first-order valence-electron chi connectivity index (χ1n) is 5.76. The maximum Gasteiger partial charge on any atom is 0.0239 e. The third kappa shape index (κ3) is 1.85. The molecule has 0 amide bonds. The number of fused-ring (bicyclic) bond motifs is 1. The van der Waals surface area contributed by atoms with Crippen molar-refractivity contribution in [3.8, 4) is 0 Å². The highest BCUT2D eigenvalue weighted by Crippen LogP contribution is 2.36. The Morgan fingerprint density at radius 1 is 1.33 bits per heavy atom. The molecule has 2 heteroatoms. The normalized spacial score (nSPS) is 26.4. The summed E-state index contributed by atoms with van der Waals surface area (Å²) in [6.45, 7) is 4.76. The number of halogens is 1. The van der Waals surface area contributed by atoms with Gasteiger partial charge in [-0.1, -0.05) is 28.9 Å². The van der Waals surface area contributed by atoms with Gasteiger partial charge in [0.1, 0.15) is 0 Å². The lowest BCUT2D eigenvalue weighted by molar-refractivity contribution is 0.225. The van der Waals surface area contributed by atoms with Gasteiger partial charge in [-0.15, -0.1) is 0 Å². The van der Waals surface area contributed by atoms with Crippen molar-refractivity contribution >= 4 is 15.9 Å². The number of rotatable bonds is 1. The average molecular weight is 266 g/mol. The second-order valence-electron chi connectivity index (χ2n) is 4.90. The molecular weight excluding hydrogens is 250 g/mol. The fourth-order valence-electron chi connectivity index (χ4n) is 2.62. The minimum absolute atomic E-state index is 0.687. The van der Waals surface area contributed by atoms with Crippen molar-refractivity contribution < 1.29 is 0 Å². The predicted octanol–water partition coefficient (Wildman–Crippen LogP) is 3.53. The zero-order valence-electron chi connectivity index (χ0n) is 9.04. The first-order chi connectivity index (χ1) is 7.24. The zero-order chi connectivity index (χ0) is 10.4. The van der Waals surface area contributed by atoms with Gasteiger partial charge in [0, 0.05) is 23.6 Å². The van der Waals surface area contributed by atoms with Crippen LogP contribution in [0.15, 0.2) is 22.7 Å². The molecule has 0 saturated heterocycles. The number of hydrogen-bond acceptors (Lipinski definition) is 1. The summed E-state index contributed by atoms with van der Waals surface area (Å²) >= 11 is 3.56. The molecule has 15 heavy (non-hydrogen) atoms. The Kier molecular flexibility index (Phi) is 2.37. The van der Waals surface area contributed by atoms with E-state index in [1.807, 2.05) is 0 Å². The number of benzene rings is 1. The second kappa shape index (κ2) is 3.60. The Labute approximate surface area is 99.6 Å². The van der Waals surface area contributed by atoms with E-state index in [-0.39, 0.29) is 0 Å². The third-order valence-electron chi connectivity index (χ3n) is 3.58. The van der Waals surface area contributed by atoms with Gasteiger partial charge in [0.25, 0.3) is 0 Å². The molecular formula is C13H16BrN. The Bertz CT molecular complexity index is 384. The molecule has 0 N–H and O–H groups in total. The summed E-state index contributed by atoms with van der Waals surface area (Å²) in [6.07, 6.45) is 2.83. The summed E-state index contributed by atoms with van der Waals surface area (Å²) < 4.78 is 1.22. The van der Waals surface area contributed by atoms with Crippen LogP contribution in [-0.2, 0) is 6.54 Å². The lowest BCUT2D eigenvalue weighted by atomic mass is 9.91. The van der Waals surface area contributed by atoms with E-state index < -0.39 is 0 Å². The maximum absolute atomic E-state index is 3.56. The first kappa shape index (κ1) is 9.86. The smallest absolute Gasteiger partial charge is 0.0239 e. The summed E-state index contributed by atoms with van der Waals surface area (Å²) in [4.78, 5) is 2.65. The van der Waals surface area contributed by atoms with E-state index in [0.29, 0.717) is 5.92 Å². The van der Waals surface area contributed by atoms with Crippen LogP contribution in [0.5, 0.6) is 0 Å². The van der Waals surface area contributed by atoms with E-state index in [0.717, 1.165) is 12.6 Å². The molecule has 0 bridgehead atoms. The molecule has 1 aliphatic carbocycles. The van der Waals surface area contributed by atoms with Crippen molar-refractivity contribution in [3.63, 3.8) is 0 Å². The van der Waals surface area contributed by atoms with Crippen LogP contribution in [-0.4, -0.2) is 17.5 Å². The molecule has 1 heterocycles. The van der Waals surface area contributed by atoms with Crippen molar-refractivity contribution in [2.45, 2.75) is 38.3 Å². The molecule has 1 unspecified atom stereocenters. The summed E-state index contributed by atoms with van der Waals surface area (Å²) in [5, 5.41) is 0. The molecule has 1 aromatic carbocycles. The molecule has 1 aliphatic heterocycles. The minimum atomic E-state index is 0.687. The molecule has 1 fully saturated rings. The van der Waals surface area contributed by atoms with Crippen molar-refractivity contribution in [1.82, 2.24) is 4.90 Å². The minimum Gasteiger partial charge on any atom is -0.296 e. The molecule has 2 aliphatic rings. The quantitative estimate of drug-likeness (QED) is 0.751. The van der Waals surface area contributed by atoms with Gasteiger partial charge >= 0.3 is 0 Å². The molecule has 1 saturated carbocycles. The van der Waals surface area contributed by atoms with Crippen LogP contribution in [0.4, 0.5) is 0 Å². The molecule has 0 aromatic heterocycles. The van der Waals surface area contributed by atoms with Gasteiger partial charge in [-0.25, -0.2) is 0 Å². The van der Waals surface area contributed by atoms with E-state index in [1.165, 1.54) is 29.4 Å². The number of hydrogen-bond donors (Lipinski definition) is 0. The van der Waals surface area contributed by atoms with E-state index in [1.54, 1.807) is 5.56 Å². The Morgan fingerprint density at radius 2 is 2.13 bits per heavy atom. The van der Waals surface area contributed by atoms with Gasteiger partial charge < -0.3 is 0 Å². The summed E-state index contributed by atoms with van der Waals surface area (Å²) in [5.74, 6) is 0.687. The largest absolute Gasteiger partial charge is 0.296 e. The summed E-state index contributed by atoms with van der Waals surface area (Å²) in [6, 6.07) is 7.64. The lowest BCUT2D eigenvalue weighted by Gasteiger charge is -2.33. The maximum atomic E-state index is 3.56. The van der Waals surface area contributed by atoms with Crippen LogP contribution in [0.1, 0.15) is 36.8 Å². The Balaban J connectivity index is 1.93. The molecule has 0 radical (unpaired) electrons. The van der Waals surface area contributed by atoms with Crippen molar-refractivity contribution in [2.75, 3.05) is 6.54 Å². The van der Waals surface area contributed by atoms with E-state index in [4.69, 9.17) is 0 Å². The van der Waals surface area contributed by atoms with Gasteiger partial charge in [-0.2, -0.15) is 0 Å². The molecule has 1 nitrogen and oxygen atoms in total. The molecule has 0 spiro atoms. The van der Waals surface area contributed by atoms with Gasteiger partial charge in [0.15, 0.2) is 0 Å². The Morgan fingerprint density at radius 3 is 2.87 bits per heavy atom. The van der Waals surface area contributed by atoms with Gasteiger partial charge in [0.05, 0.1) is 0 Å². The van der Waals surface area contributed by atoms with Crippen molar-refractivity contribution in [2.24, 2.45) is 0 Å². The molecule has 3 rings (SSSR count). The topological polar surface area (TPSA) is 3.24 Å². The monoisotopic (exact) mass is 265 g/mol. The summed E-state index contributed by atoms with van der Waals surface area (Å²) in [5.41, 5.74) is 3.07. The second-order valence-corrected chi connectivity index (χ2v) is 5.82. The summed E-state index contributed by atoms with van der Waals surface area (Å²) in [7, 11) is 0. The van der Waals surface area contributed by atoms with Crippen molar-refractivity contribution in [3.05, 3.63) is 33.8 Å². The molecule has 1 atom stereocenters. The van der Waals surface area contributed by atoms with Crippen molar-refractivity contribution in [1.29, 1.82) is 0 Å². The fraction of sp³-hybridized carbons (Fsp3) is 0.538. The average Bonchev–Trinajstić information content (AvgIpc) is 3.02. The van der Waals surface area contributed by atoms with E-state index in [9.17, 15) is 0 Å². The van der Waals surface area contributed by atoms with Crippen LogP contribution in [0.3, 0.4) is 0 Å². The molecule has 80 valence electrons. The zero-order valence-corrected chi connectivity index (χ0v) is 10.6. The fourth-order valence-corrected chi connectivity index (χ4v) is 3.00. The van der Waals surface area contributed by atoms with Crippen LogP contribution in [0, 0.1) is 0 Å². The van der Waals surface area contributed by atoms with E-state index >= 15 is 0 Å². The standard InChI is InChI=1S/C13H16BrN/c1-9-7-15(12-4-5-12)8-10-2-3-11(14)6-13(9)10/h2-3,6,9,12H,4-5,7-8H2,1H3.